The molecule has 0 nitrogen and oxygen atoms in total. The molecule has 0 spiro atoms. The second-order valence-electron chi connectivity index (χ2n) is 4.33. The quantitative estimate of drug-likeness (QED) is 0.461. The monoisotopic (exact) mass is 146 g/mol. The van der Waals surface area contributed by atoms with Gasteiger partial charge >= 0.3 is 0 Å². The van der Waals surface area contributed by atoms with E-state index in [-0.39, 0.29) is 0 Å². The summed E-state index contributed by atoms with van der Waals surface area (Å²) >= 11 is 0. The molecule has 58 valence electrons. The third-order valence-electron chi connectivity index (χ3n) is 3.57. The van der Waals surface area contributed by atoms with Gasteiger partial charge in [0, 0.05) is 0 Å². The van der Waals surface area contributed by atoms with E-state index in [1.165, 1.54) is 19.3 Å². The van der Waals surface area contributed by atoms with Crippen LogP contribution in [-0.2, 0) is 0 Å². The Morgan fingerprint density at radius 2 is 1.36 bits per heavy atom. The highest BCUT2D eigenvalue weighted by Crippen LogP contribution is 2.45. The summed E-state index contributed by atoms with van der Waals surface area (Å²) in [5, 5.41) is 0. The molecule has 11 heavy (non-hydrogen) atoms. The molecule has 0 atom stereocenters. The molecule has 0 aromatic carbocycles. The fourth-order valence-electron chi connectivity index (χ4n) is 3.03. The second-order valence-corrected chi connectivity index (χ2v) is 4.33. The van der Waals surface area contributed by atoms with Gasteiger partial charge in [0.25, 0.3) is 0 Å². The molecule has 0 heterocycles. The Balaban J connectivity index is 2.05. The van der Waals surface area contributed by atoms with Crippen LogP contribution >= 0.6 is 0 Å². The van der Waals surface area contributed by atoms with E-state index >= 15 is 0 Å². The summed E-state index contributed by atoms with van der Waals surface area (Å²) in [5.41, 5.74) is 0. The molecule has 0 aliphatic heterocycles. The lowest BCUT2D eigenvalue weighted by Gasteiger charge is -2.41. The highest BCUT2D eigenvalue weighted by atomic mass is 14.4. The summed E-state index contributed by atoms with van der Waals surface area (Å²) in [7, 11) is 0. The van der Waals surface area contributed by atoms with E-state index in [9.17, 15) is 0 Å². The Morgan fingerprint density at radius 3 is 2.00 bits per heavy atom. The maximum absolute atomic E-state index is 2.46. The Hall–Kier alpha value is -0.520. The van der Waals surface area contributed by atoms with Gasteiger partial charge in [0.2, 0.25) is 0 Å². The van der Waals surface area contributed by atoms with Crippen molar-refractivity contribution in [1.29, 1.82) is 0 Å². The minimum Gasteiger partial charge on any atom is -0.0848 e. The van der Waals surface area contributed by atoms with Crippen molar-refractivity contribution < 1.29 is 0 Å². The molecule has 3 aliphatic rings. The maximum atomic E-state index is 2.46. The lowest BCUT2D eigenvalue weighted by atomic mass is 9.64. The molecule has 0 aromatic heterocycles. The van der Waals surface area contributed by atoms with Crippen LogP contribution in [0.3, 0.4) is 0 Å². The van der Waals surface area contributed by atoms with Crippen LogP contribution in [0.25, 0.3) is 0 Å². The number of fused-ring (bicyclic) bond motifs is 2. The van der Waals surface area contributed by atoms with E-state index in [0.29, 0.717) is 0 Å². The molecule has 1 fully saturated rings. The predicted molar refractivity (Wildman–Crippen MR) is 46.1 cm³/mol. The first-order valence-corrected chi connectivity index (χ1v) is 4.78. The molecule has 1 saturated carbocycles. The van der Waals surface area contributed by atoms with Crippen molar-refractivity contribution in [2.24, 2.45) is 23.7 Å². The average Bonchev–Trinajstić information content (AvgIpc) is 2.01. The van der Waals surface area contributed by atoms with Crippen molar-refractivity contribution in [3.63, 3.8) is 0 Å². The van der Waals surface area contributed by atoms with Gasteiger partial charge in [-0.15, -0.1) is 0 Å². The van der Waals surface area contributed by atoms with Gasteiger partial charge in [-0.05, 0) is 42.9 Å². The van der Waals surface area contributed by atoms with E-state index < -0.39 is 0 Å². The smallest absolute Gasteiger partial charge is 0.00246 e. The van der Waals surface area contributed by atoms with Crippen molar-refractivity contribution in [2.75, 3.05) is 0 Å². The van der Waals surface area contributed by atoms with Gasteiger partial charge in [0.05, 0.1) is 0 Å². The topological polar surface area (TPSA) is 0 Å². The molecule has 0 heteroatoms. The minimum atomic E-state index is 0.808. The van der Waals surface area contributed by atoms with Crippen LogP contribution in [0.5, 0.6) is 0 Å². The zero-order valence-corrected chi connectivity index (χ0v) is 6.74. The van der Waals surface area contributed by atoms with E-state index in [0.717, 1.165) is 23.7 Å². The first kappa shape index (κ1) is 6.05. The lowest BCUT2D eigenvalue weighted by molar-refractivity contribution is 0.200. The van der Waals surface area contributed by atoms with Crippen LogP contribution in [0, 0.1) is 23.7 Å². The van der Waals surface area contributed by atoms with Gasteiger partial charge in [0.15, 0.2) is 0 Å². The van der Waals surface area contributed by atoms with Crippen molar-refractivity contribution in [1.82, 2.24) is 0 Å². The molecule has 3 rings (SSSR count). The third kappa shape index (κ3) is 0.817. The molecule has 0 unspecified atom stereocenters. The molecule has 0 saturated heterocycles. The zero-order valence-electron chi connectivity index (χ0n) is 6.74. The van der Waals surface area contributed by atoms with E-state index in [2.05, 4.69) is 24.3 Å². The van der Waals surface area contributed by atoms with Gasteiger partial charge in [-0.1, -0.05) is 24.3 Å². The Kier molecular flexibility index (Phi) is 1.10. The van der Waals surface area contributed by atoms with Crippen LogP contribution < -0.4 is 0 Å². The molecule has 3 aliphatic carbocycles. The van der Waals surface area contributed by atoms with Gasteiger partial charge in [-0.25, -0.2) is 0 Å². The van der Waals surface area contributed by atoms with Crippen molar-refractivity contribution in [3.05, 3.63) is 24.3 Å². The van der Waals surface area contributed by atoms with Gasteiger partial charge in [0.1, 0.15) is 0 Å². The summed E-state index contributed by atoms with van der Waals surface area (Å²) in [6.07, 6.45) is 14.2. The highest BCUT2D eigenvalue weighted by molar-refractivity contribution is 5.17. The molecule has 3 bridgehead atoms. The summed E-state index contributed by atoms with van der Waals surface area (Å²) < 4.78 is 0. The average molecular weight is 146 g/mol. The van der Waals surface area contributed by atoms with Crippen molar-refractivity contribution in [3.8, 4) is 0 Å². The van der Waals surface area contributed by atoms with Crippen molar-refractivity contribution in [2.45, 2.75) is 19.3 Å². The molecule has 0 aromatic rings. The molecule has 0 amide bonds. The second kappa shape index (κ2) is 2.00. The first-order chi connectivity index (χ1) is 5.42. The lowest BCUT2D eigenvalue weighted by Crippen LogP contribution is -2.31. The van der Waals surface area contributed by atoms with Crippen LogP contribution in [-0.4, -0.2) is 0 Å². The maximum Gasteiger partial charge on any atom is -0.00246 e. The summed E-state index contributed by atoms with van der Waals surface area (Å²) in [4.78, 5) is 0. The van der Waals surface area contributed by atoms with Crippen LogP contribution in [0.2, 0.25) is 0 Å². The molecule has 0 radical (unpaired) electrons. The Morgan fingerprint density at radius 1 is 0.727 bits per heavy atom. The van der Waals surface area contributed by atoms with E-state index in [1.54, 1.807) is 0 Å². The number of hydrogen-bond donors (Lipinski definition) is 0. The Bertz CT molecular complexity index is 202. The minimum absolute atomic E-state index is 0.808. The van der Waals surface area contributed by atoms with E-state index in [4.69, 9.17) is 0 Å². The zero-order chi connectivity index (χ0) is 7.26. The summed E-state index contributed by atoms with van der Waals surface area (Å²) in [6, 6.07) is 0. The predicted octanol–water partition coefficient (Wildman–Crippen LogP) is 2.77. The van der Waals surface area contributed by atoms with Crippen LogP contribution in [0.1, 0.15) is 19.3 Å². The Labute approximate surface area is 68.0 Å². The highest BCUT2D eigenvalue weighted by Gasteiger charge is 2.35. The van der Waals surface area contributed by atoms with Gasteiger partial charge in [-0.3, -0.25) is 0 Å². The molecule has 0 N–H and O–H groups in total. The number of rotatable bonds is 0. The van der Waals surface area contributed by atoms with Gasteiger partial charge < -0.3 is 0 Å². The molecular formula is C11H14. The summed E-state index contributed by atoms with van der Waals surface area (Å²) in [5.74, 6) is 3.68. The normalized spacial score (nSPS) is 51.6. The van der Waals surface area contributed by atoms with E-state index in [1.807, 2.05) is 0 Å². The fraction of sp³-hybridized carbons (Fsp3) is 0.636. The number of hydrogen-bond acceptors (Lipinski definition) is 0. The number of allylic oxidation sites excluding steroid dienone is 4. The van der Waals surface area contributed by atoms with Gasteiger partial charge in [-0.2, -0.15) is 0 Å². The fourth-order valence-corrected chi connectivity index (χ4v) is 3.03. The van der Waals surface area contributed by atoms with Crippen LogP contribution in [0.4, 0.5) is 0 Å². The van der Waals surface area contributed by atoms with Crippen molar-refractivity contribution >= 4 is 0 Å². The van der Waals surface area contributed by atoms with Crippen LogP contribution in [0.15, 0.2) is 24.3 Å². The SMILES string of the molecule is C1=CC2C=CC3CC1CC2C3. The third-order valence-corrected chi connectivity index (χ3v) is 3.57. The first-order valence-electron chi connectivity index (χ1n) is 4.78. The molecular weight excluding hydrogens is 132 g/mol. The standard InChI is InChI=1S/C11H14/c1-3-10-4-2-9-5-8(1)6-11(10)7-9/h1-4,8-11H,5-7H2. The largest absolute Gasteiger partial charge is 0.0848 e. The summed E-state index contributed by atoms with van der Waals surface area (Å²) in [6.45, 7) is 0.